The minimum Gasteiger partial charge on any atom is -0.394 e. The summed E-state index contributed by atoms with van der Waals surface area (Å²) >= 11 is 0. The van der Waals surface area contributed by atoms with E-state index in [0.717, 1.165) is 18.4 Å². The van der Waals surface area contributed by atoms with Gasteiger partial charge in [-0.1, -0.05) is 46.3 Å². The molecule has 10 fully saturated rings. The molecule has 0 amide bonds. The zero-order valence-corrected chi connectivity index (χ0v) is 55.2. The first-order valence-electron chi connectivity index (χ1n) is 33.7. The first kappa shape index (κ1) is 76.1. The maximum absolute atomic E-state index is 13.0. The number of rotatable bonds is 20. The van der Waals surface area contributed by atoms with Crippen LogP contribution >= 0.6 is 0 Å². The van der Waals surface area contributed by atoms with Crippen LogP contribution in [-0.2, 0) is 56.8 Å². The molecule has 10 aliphatic rings. The molecule has 38 atom stereocenters. The Labute approximate surface area is 551 Å². The highest BCUT2D eigenvalue weighted by Gasteiger charge is 2.72. The second kappa shape index (κ2) is 29.7. The van der Waals surface area contributed by atoms with Crippen LogP contribution in [0, 0.1) is 45.3 Å². The van der Waals surface area contributed by atoms with E-state index in [9.17, 15) is 97.0 Å². The molecular weight excluding hydrogens is 1260 g/mol. The predicted molar refractivity (Wildman–Crippen MR) is 319 cm³/mol. The predicted octanol–water partition coefficient (Wildman–Crippen LogP) is -5.28. The molecule has 10 rings (SSSR count). The van der Waals surface area contributed by atoms with Crippen LogP contribution in [0.3, 0.4) is 0 Å². The van der Waals surface area contributed by atoms with Gasteiger partial charge in [-0.15, -0.1) is 0 Å². The maximum Gasteiger partial charge on any atom is 0.187 e. The zero-order valence-electron chi connectivity index (χ0n) is 55.2. The van der Waals surface area contributed by atoms with Gasteiger partial charge < -0.3 is 154 Å². The van der Waals surface area contributed by atoms with E-state index in [0.29, 0.717) is 44.9 Å². The molecule has 0 aromatic rings. The van der Waals surface area contributed by atoms with Crippen molar-refractivity contribution in [2.75, 3.05) is 39.6 Å². The standard InChI is InChI=1S/C64H108O31/c1-25(2)10-9-14-64(8,95-57-49(82)44(77)42(75)33(90-57)24-86-56-50(83)51(43(76)32(21-67)87-56)92-54-47(80)38(71)28(69)22-84-54)26-11-16-63(7)37(26)27(68)18-35-61(5)15-13-36(60(3,4)34(61)12-17-62(35,63)6)91-58-52(45(78)40(73)30(19-65)88-58)94-59-53(46(79)41(74)31(20-66)89-59)93-55-48(81)39(72)29(70)23-85-55/h10,26-59,65-83H,9,11-24H2,1-8H3/t26-,27+,28+,29+,30+,31+,32+,33+,34-,35+,36-,37-,38-,39-,40+,41+,42+,43+,44-,45-,46-,47+,48+,49+,50+,51-,52+,53+,54-,55-,56+,57-,58-,59-,61-,62+,63+,64-/m0/s1. The third kappa shape index (κ3) is 14.0. The molecule has 0 aromatic carbocycles. The number of ether oxygens (including phenoxy) is 12. The molecule has 6 saturated heterocycles. The van der Waals surface area contributed by atoms with E-state index >= 15 is 0 Å². The molecule has 6 heterocycles. The lowest BCUT2D eigenvalue weighted by Crippen LogP contribution is -2.68. The van der Waals surface area contributed by atoms with Gasteiger partial charge in [-0.25, -0.2) is 0 Å². The van der Waals surface area contributed by atoms with E-state index in [4.69, 9.17) is 56.8 Å². The SMILES string of the molecule is CC(C)=CCC[C@](C)(O[C@@H]1O[C@H](CO[C@@H]2O[C@H](CO)[C@@H](O)[C@H](O[C@@H]3OC[C@@H](O)[C@H](O)[C@H]3O)[C@H]2O)[C@@H](O)[C@H](O)[C@H]1O)[C@H]1CC[C@]2(C)[C@@H]1[C@H](O)C[C@@H]1[C@@]3(C)CC[C@H](O[C@@H]4O[C@H](CO)[C@@H](O)[C@H](O)[C@H]4O[C@@H]4O[C@H](CO)[C@@H](O)[C@H](O)[C@H]4O[C@@H]4OC[C@@H](O)[C@H](O)[C@H]4O)C(C)(C)[C@@H]3CC[C@]12C. The highest BCUT2D eigenvalue weighted by molar-refractivity contribution is 5.21. The van der Waals surface area contributed by atoms with E-state index in [1.54, 1.807) is 0 Å². The molecule has 4 saturated carbocycles. The van der Waals surface area contributed by atoms with Crippen LogP contribution < -0.4 is 0 Å². The van der Waals surface area contributed by atoms with Crippen molar-refractivity contribution in [2.24, 2.45) is 45.3 Å². The summed E-state index contributed by atoms with van der Waals surface area (Å²) in [5, 5.41) is 208. The van der Waals surface area contributed by atoms with E-state index in [-0.39, 0.29) is 29.1 Å². The van der Waals surface area contributed by atoms with Crippen LogP contribution in [-0.4, -0.2) is 327 Å². The minimum absolute atomic E-state index is 0.0447. The van der Waals surface area contributed by atoms with E-state index in [1.807, 2.05) is 20.8 Å². The lowest BCUT2D eigenvalue weighted by molar-refractivity contribution is -0.395. The van der Waals surface area contributed by atoms with Gasteiger partial charge in [0.05, 0.1) is 57.5 Å². The second-order valence-corrected chi connectivity index (χ2v) is 30.5. The van der Waals surface area contributed by atoms with Crippen molar-refractivity contribution < 1.29 is 154 Å². The molecule has 550 valence electrons. The zero-order chi connectivity index (χ0) is 69.5. The summed E-state index contributed by atoms with van der Waals surface area (Å²) in [6.45, 7) is 13.0. The van der Waals surface area contributed by atoms with Crippen molar-refractivity contribution in [3.63, 3.8) is 0 Å². The fourth-order valence-electron chi connectivity index (χ4n) is 18.6. The Kier molecular flexibility index (Phi) is 23.8. The van der Waals surface area contributed by atoms with Gasteiger partial charge in [-0.3, -0.25) is 0 Å². The molecule has 19 N–H and O–H groups in total. The van der Waals surface area contributed by atoms with E-state index < -0.39 is 246 Å². The molecule has 4 aliphatic carbocycles. The average molecular weight is 1370 g/mol. The fraction of sp³-hybridized carbons (Fsp3) is 0.969. The molecule has 0 radical (unpaired) electrons. The third-order valence-corrected chi connectivity index (χ3v) is 24.3. The highest BCUT2D eigenvalue weighted by Crippen LogP contribution is 2.76. The normalized spacial score (nSPS) is 53.2. The van der Waals surface area contributed by atoms with Crippen LogP contribution in [0.1, 0.15) is 113 Å². The molecule has 0 bridgehead atoms. The number of allylic oxidation sites excluding steroid dienone is 2. The summed E-state index contributed by atoms with van der Waals surface area (Å²) in [5.74, 6) is -0.809. The summed E-state index contributed by atoms with van der Waals surface area (Å²) in [6.07, 6.45) is -41.5. The number of hydrogen-bond donors (Lipinski definition) is 19. The van der Waals surface area contributed by atoms with Crippen molar-refractivity contribution in [3.05, 3.63) is 11.6 Å². The first-order valence-corrected chi connectivity index (χ1v) is 33.7. The van der Waals surface area contributed by atoms with Gasteiger partial charge in [0, 0.05) is 0 Å². The number of aliphatic hydroxyl groups excluding tert-OH is 19. The minimum atomic E-state index is -1.90. The smallest absolute Gasteiger partial charge is 0.187 e. The number of hydrogen-bond acceptors (Lipinski definition) is 31. The summed E-state index contributed by atoms with van der Waals surface area (Å²) in [5.41, 5.74) is -2.09. The van der Waals surface area contributed by atoms with Gasteiger partial charge in [-0.2, -0.15) is 0 Å². The van der Waals surface area contributed by atoms with Crippen LogP contribution in [0.5, 0.6) is 0 Å². The van der Waals surface area contributed by atoms with Crippen molar-refractivity contribution in [2.45, 2.75) is 303 Å². The fourth-order valence-corrected chi connectivity index (χ4v) is 18.6. The van der Waals surface area contributed by atoms with Gasteiger partial charge in [0.2, 0.25) is 0 Å². The summed E-state index contributed by atoms with van der Waals surface area (Å²) in [4.78, 5) is 0. The van der Waals surface area contributed by atoms with Crippen LogP contribution in [0.15, 0.2) is 11.6 Å². The summed E-state index contributed by atoms with van der Waals surface area (Å²) < 4.78 is 72.7. The van der Waals surface area contributed by atoms with Crippen molar-refractivity contribution in [1.82, 2.24) is 0 Å². The lowest BCUT2D eigenvalue weighted by atomic mass is 9.35. The van der Waals surface area contributed by atoms with Gasteiger partial charge in [0.25, 0.3) is 0 Å². The van der Waals surface area contributed by atoms with Gasteiger partial charge in [0.15, 0.2) is 37.7 Å². The third-order valence-electron chi connectivity index (χ3n) is 24.3. The van der Waals surface area contributed by atoms with Crippen molar-refractivity contribution in [3.8, 4) is 0 Å². The number of fused-ring (bicyclic) bond motifs is 5. The Morgan fingerprint density at radius 1 is 0.463 bits per heavy atom. The lowest BCUT2D eigenvalue weighted by Gasteiger charge is -2.71. The van der Waals surface area contributed by atoms with Gasteiger partial charge in [0.1, 0.15) is 134 Å². The Morgan fingerprint density at radius 3 is 1.51 bits per heavy atom. The maximum atomic E-state index is 13.0. The average Bonchev–Trinajstić information content (AvgIpc) is 1.67. The highest BCUT2D eigenvalue weighted by atomic mass is 16.8. The van der Waals surface area contributed by atoms with Crippen LogP contribution in [0.25, 0.3) is 0 Å². The van der Waals surface area contributed by atoms with Crippen molar-refractivity contribution >= 4 is 0 Å². The van der Waals surface area contributed by atoms with Crippen LogP contribution in [0.4, 0.5) is 0 Å². The van der Waals surface area contributed by atoms with E-state index in [1.165, 1.54) is 0 Å². The number of aliphatic hydroxyl groups is 19. The summed E-state index contributed by atoms with van der Waals surface area (Å²) in [6, 6.07) is 0. The molecule has 0 unspecified atom stereocenters. The Morgan fingerprint density at radius 2 is 0.947 bits per heavy atom. The van der Waals surface area contributed by atoms with Crippen LogP contribution in [0.2, 0.25) is 0 Å². The molecule has 0 aromatic heterocycles. The molecule has 95 heavy (non-hydrogen) atoms. The Balaban J connectivity index is 0.851. The monoisotopic (exact) mass is 1370 g/mol. The second-order valence-electron chi connectivity index (χ2n) is 30.5. The van der Waals surface area contributed by atoms with Gasteiger partial charge >= 0.3 is 0 Å². The molecular formula is C64H108O31. The molecule has 6 aliphatic heterocycles. The quantitative estimate of drug-likeness (QED) is 0.0400. The van der Waals surface area contributed by atoms with Crippen molar-refractivity contribution in [1.29, 1.82) is 0 Å². The summed E-state index contributed by atoms with van der Waals surface area (Å²) in [7, 11) is 0. The first-order chi connectivity index (χ1) is 44.6. The Hall–Kier alpha value is -1.50. The Bertz CT molecular complexity index is 2540. The molecule has 31 nitrogen and oxygen atoms in total. The van der Waals surface area contributed by atoms with Gasteiger partial charge in [-0.05, 0) is 124 Å². The largest absolute Gasteiger partial charge is 0.394 e. The van der Waals surface area contributed by atoms with E-state index in [2.05, 4.69) is 40.7 Å². The molecule has 0 spiro atoms. The molecule has 31 heteroatoms. The topological polar surface area (TPSA) is 495 Å².